The first-order valence-electron chi connectivity index (χ1n) is 9.04. The third kappa shape index (κ3) is 4.43. The quantitative estimate of drug-likeness (QED) is 0.703. The van der Waals surface area contributed by atoms with E-state index in [4.69, 9.17) is 0 Å². The van der Waals surface area contributed by atoms with Gasteiger partial charge in [0.1, 0.15) is 11.6 Å². The predicted octanol–water partition coefficient (Wildman–Crippen LogP) is 4.74. The number of ketones is 2. The molecule has 1 atom stereocenters. The molecule has 132 valence electrons. The van der Waals surface area contributed by atoms with Crippen molar-refractivity contribution >= 4 is 22.9 Å². The molecule has 3 rings (SSSR count). The Bertz CT molecular complexity index is 729. The fourth-order valence-corrected chi connectivity index (χ4v) is 4.66. The average molecular weight is 356 g/mol. The van der Waals surface area contributed by atoms with Gasteiger partial charge in [-0.3, -0.25) is 9.59 Å². The molecule has 0 saturated heterocycles. The van der Waals surface area contributed by atoms with Gasteiger partial charge in [0, 0.05) is 23.4 Å². The summed E-state index contributed by atoms with van der Waals surface area (Å²) in [5.41, 5.74) is 2.33. The second kappa shape index (κ2) is 8.05. The number of rotatable bonds is 6. The third-order valence-corrected chi connectivity index (χ3v) is 6.27. The predicted molar refractivity (Wildman–Crippen MR) is 101 cm³/mol. The van der Waals surface area contributed by atoms with Gasteiger partial charge >= 0.3 is 0 Å². The first kappa shape index (κ1) is 18.0. The van der Waals surface area contributed by atoms with Crippen LogP contribution in [0.1, 0.15) is 54.8 Å². The van der Waals surface area contributed by atoms with Gasteiger partial charge in [0.25, 0.3) is 0 Å². The number of carbonyl (C=O) groups excluding carboxylic acids is 2. The summed E-state index contributed by atoms with van der Waals surface area (Å²) in [6.07, 6.45) is 4.30. The second-order valence-electron chi connectivity index (χ2n) is 7.11. The minimum absolute atomic E-state index is 0.0231. The summed E-state index contributed by atoms with van der Waals surface area (Å²) in [6.45, 7) is 3.48. The van der Waals surface area contributed by atoms with Gasteiger partial charge in [-0.2, -0.15) is 0 Å². The second-order valence-corrected chi connectivity index (χ2v) is 8.05. The first-order valence-corrected chi connectivity index (χ1v) is 9.92. The van der Waals surface area contributed by atoms with E-state index in [9.17, 15) is 9.59 Å². The van der Waals surface area contributed by atoms with Crippen LogP contribution in [0.5, 0.6) is 0 Å². The summed E-state index contributed by atoms with van der Waals surface area (Å²) < 4.78 is 0. The van der Waals surface area contributed by atoms with Crippen LogP contribution >= 0.6 is 11.3 Å². The maximum absolute atomic E-state index is 13.0. The Morgan fingerprint density at radius 1 is 1.16 bits per heavy atom. The number of nitrogens with zero attached hydrogens (tertiary/aromatic N) is 1. The highest BCUT2D eigenvalue weighted by atomic mass is 32.1. The van der Waals surface area contributed by atoms with E-state index in [0.29, 0.717) is 12.3 Å². The van der Waals surface area contributed by atoms with Crippen LogP contribution in [0, 0.1) is 18.8 Å². The summed E-state index contributed by atoms with van der Waals surface area (Å²) in [7, 11) is 0. The van der Waals surface area contributed by atoms with Crippen LogP contribution < -0.4 is 0 Å². The zero-order chi connectivity index (χ0) is 17.8. The highest BCUT2D eigenvalue weighted by molar-refractivity contribution is 7.09. The van der Waals surface area contributed by atoms with Gasteiger partial charge in [-0.15, -0.1) is 11.3 Å². The van der Waals surface area contributed by atoms with Crippen molar-refractivity contribution in [2.45, 2.75) is 51.9 Å². The van der Waals surface area contributed by atoms with E-state index < -0.39 is 5.92 Å². The van der Waals surface area contributed by atoms with Crippen LogP contribution in [-0.2, 0) is 16.0 Å². The summed E-state index contributed by atoms with van der Waals surface area (Å²) in [5.74, 6) is 0.149. The Morgan fingerprint density at radius 3 is 2.40 bits per heavy atom. The van der Waals surface area contributed by atoms with Crippen molar-refractivity contribution in [3.05, 3.63) is 52.0 Å². The topological polar surface area (TPSA) is 47.0 Å². The van der Waals surface area contributed by atoms with Crippen LogP contribution in [0.2, 0.25) is 0 Å². The van der Waals surface area contributed by atoms with E-state index in [-0.39, 0.29) is 17.5 Å². The van der Waals surface area contributed by atoms with Crippen LogP contribution in [0.3, 0.4) is 0 Å². The van der Waals surface area contributed by atoms with Crippen molar-refractivity contribution in [2.24, 2.45) is 11.8 Å². The lowest BCUT2D eigenvalue weighted by Gasteiger charge is -2.29. The average Bonchev–Trinajstić information content (AvgIpc) is 3.05. The van der Waals surface area contributed by atoms with Gasteiger partial charge in [0.2, 0.25) is 0 Å². The Labute approximate surface area is 153 Å². The van der Waals surface area contributed by atoms with Gasteiger partial charge in [-0.1, -0.05) is 30.3 Å². The number of thiazole rings is 1. The standard InChI is InChI=1S/C21H25NO2S/c1-14-13-25-20(22-14)12-19(15(2)23)21(24)18-10-8-17(9-11-18)16-6-4-3-5-7-16/h3-7,13,17-19H,8-12H2,1-2H3. The number of aromatic nitrogens is 1. The fourth-order valence-electron chi connectivity index (χ4n) is 3.84. The summed E-state index contributed by atoms with van der Waals surface area (Å²) >= 11 is 1.54. The number of hydrogen-bond acceptors (Lipinski definition) is 4. The molecule has 1 aromatic heterocycles. The summed E-state index contributed by atoms with van der Waals surface area (Å²) in [4.78, 5) is 29.5. The molecule has 1 unspecified atom stereocenters. The number of benzene rings is 1. The van der Waals surface area contributed by atoms with Crippen LogP contribution in [0.15, 0.2) is 35.7 Å². The van der Waals surface area contributed by atoms with E-state index in [1.54, 1.807) is 18.3 Å². The lowest BCUT2D eigenvalue weighted by molar-refractivity contribution is -0.134. The molecular formula is C21H25NO2S. The monoisotopic (exact) mass is 355 g/mol. The van der Waals surface area contributed by atoms with Gasteiger partial charge < -0.3 is 0 Å². The van der Waals surface area contributed by atoms with E-state index in [0.717, 1.165) is 36.4 Å². The number of Topliss-reactive ketones (excluding diaryl/α,β-unsaturated/α-hetero) is 2. The van der Waals surface area contributed by atoms with Crippen molar-refractivity contribution in [1.82, 2.24) is 4.98 Å². The van der Waals surface area contributed by atoms with Crippen molar-refractivity contribution < 1.29 is 9.59 Å². The maximum atomic E-state index is 13.0. The lowest BCUT2D eigenvalue weighted by Crippen LogP contribution is -2.32. The van der Waals surface area contributed by atoms with Crippen LogP contribution in [-0.4, -0.2) is 16.6 Å². The molecule has 1 heterocycles. The number of aryl methyl sites for hydroxylation is 1. The van der Waals surface area contributed by atoms with Gasteiger partial charge in [0.05, 0.1) is 10.9 Å². The smallest absolute Gasteiger partial charge is 0.146 e. The van der Waals surface area contributed by atoms with Crippen molar-refractivity contribution in [1.29, 1.82) is 0 Å². The van der Waals surface area contributed by atoms with Crippen LogP contribution in [0.25, 0.3) is 0 Å². The molecule has 1 saturated carbocycles. The molecule has 2 aromatic rings. The first-order chi connectivity index (χ1) is 12.0. The van der Waals surface area contributed by atoms with Gasteiger partial charge in [-0.05, 0) is 51.0 Å². The van der Waals surface area contributed by atoms with E-state index in [1.807, 2.05) is 18.4 Å². The molecule has 0 N–H and O–H groups in total. The zero-order valence-electron chi connectivity index (χ0n) is 14.9. The third-order valence-electron chi connectivity index (χ3n) is 5.28. The largest absolute Gasteiger partial charge is 0.299 e. The molecule has 25 heavy (non-hydrogen) atoms. The highest BCUT2D eigenvalue weighted by Gasteiger charge is 2.34. The van der Waals surface area contributed by atoms with Crippen molar-refractivity contribution in [3.63, 3.8) is 0 Å². The Hall–Kier alpha value is -1.81. The van der Waals surface area contributed by atoms with E-state index >= 15 is 0 Å². The molecule has 3 nitrogen and oxygen atoms in total. The molecule has 1 aliphatic rings. The number of hydrogen-bond donors (Lipinski definition) is 0. The Balaban J connectivity index is 1.62. The molecule has 0 amide bonds. The lowest BCUT2D eigenvalue weighted by atomic mass is 9.74. The van der Waals surface area contributed by atoms with Gasteiger partial charge in [0.15, 0.2) is 0 Å². The minimum atomic E-state index is -0.524. The molecule has 0 radical (unpaired) electrons. The SMILES string of the molecule is CC(=O)C(Cc1nc(C)cs1)C(=O)C1CCC(c2ccccc2)CC1. The molecular weight excluding hydrogens is 330 g/mol. The molecule has 0 spiro atoms. The van der Waals surface area contributed by atoms with E-state index in [2.05, 4.69) is 29.2 Å². The summed E-state index contributed by atoms with van der Waals surface area (Å²) in [5, 5.41) is 2.87. The molecule has 1 fully saturated rings. The molecule has 4 heteroatoms. The van der Waals surface area contributed by atoms with Crippen molar-refractivity contribution in [3.8, 4) is 0 Å². The maximum Gasteiger partial charge on any atom is 0.146 e. The molecule has 0 bridgehead atoms. The van der Waals surface area contributed by atoms with Crippen molar-refractivity contribution in [2.75, 3.05) is 0 Å². The number of carbonyl (C=O) groups is 2. The molecule has 1 aliphatic carbocycles. The normalized spacial score (nSPS) is 21.7. The Morgan fingerprint density at radius 2 is 1.84 bits per heavy atom. The molecule has 0 aliphatic heterocycles. The highest BCUT2D eigenvalue weighted by Crippen LogP contribution is 2.37. The fraction of sp³-hybridized carbons (Fsp3) is 0.476. The summed E-state index contributed by atoms with van der Waals surface area (Å²) in [6, 6.07) is 10.5. The Kier molecular flexibility index (Phi) is 5.79. The van der Waals surface area contributed by atoms with E-state index in [1.165, 1.54) is 5.56 Å². The molecule has 1 aromatic carbocycles. The van der Waals surface area contributed by atoms with Gasteiger partial charge in [-0.25, -0.2) is 4.98 Å². The minimum Gasteiger partial charge on any atom is -0.299 e. The zero-order valence-corrected chi connectivity index (χ0v) is 15.7. The van der Waals surface area contributed by atoms with Crippen LogP contribution in [0.4, 0.5) is 0 Å².